The first-order valence-electron chi connectivity index (χ1n) is 10.7. The van der Waals surface area contributed by atoms with Crippen molar-refractivity contribution in [3.8, 4) is 0 Å². The quantitative estimate of drug-likeness (QED) is 0.314. The lowest BCUT2D eigenvalue weighted by Crippen LogP contribution is -2.09. The van der Waals surface area contributed by atoms with Gasteiger partial charge in [0, 0.05) is 6.42 Å². The lowest BCUT2D eigenvalue weighted by Gasteiger charge is -2.03. The molecular formula is C21H46N2O. The summed E-state index contributed by atoms with van der Waals surface area (Å²) in [5.41, 5.74) is 10.1. The fraction of sp³-hybridized carbons (Fsp3) is 0.952. The molecule has 0 atom stereocenters. The summed E-state index contributed by atoms with van der Waals surface area (Å²) in [5.74, 6) is -0.153. The Morgan fingerprint density at radius 1 is 0.583 bits per heavy atom. The topological polar surface area (TPSA) is 69.1 Å². The first-order chi connectivity index (χ1) is 11.7. The molecule has 0 unspecified atom stereocenters. The molecule has 146 valence electrons. The Balaban J connectivity index is 0. The highest BCUT2D eigenvalue weighted by atomic mass is 16.1. The Morgan fingerprint density at radius 3 is 1.12 bits per heavy atom. The SMILES string of the molecule is CCCCCCCCCCCCCCCCCC(N)=O.CCCN. The van der Waals surface area contributed by atoms with E-state index in [4.69, 9.17) is 11.5 Å². The first kappa shape index (κ1) is 25.7. The summed E-state index contributed by atoms with van der Waals surface area (Å²) in [6.45, 7) is 5.15. The van der Waals surface area contributed by atoms with Crippen LogP contribution in [0, 0.1) is 0 Å². The van der Waals surface area contributed by atoms with E-state index >= 15 is 0 Å². The number of hydrogen-bond donors (Lipinski definition) is 2. The summed E-state index contributed by atoms with van der Waals surface area (Å²) in [6, 6.07) is 0. The Labute approximate surface area is 152 Å². The minimum absolute atomic E-state index is 0.153. The summed E-state index contributed by atoms with van der Waals surface area (Å²) >= 11 is 0. The monoisotopic (exact) mass is 342 g/mol. The molecule has 3 nitrogen and oxygen atoms in total. The van der Waals surface area contributed by atoms with Gasteiger partial charge >= 0.3 is 0 Å². The van der Waals surface area contributed by atoms with Gasteiger partial charge < -0.3 is 11.5 Å². The van der Waals surface area contributed by atoms with Gasteiger partial charge in [0.25, 0.3) is 0 Å². The van der Waals surface area contributed by atoms with Crippen LogP contribution in [0.2, 0.25) is 0 Å². The number of carbonyl (C=O) groups is 1. The highest BCUT2D eigenvalue weighted by molar-refractivity contribution is 5.73. The van der Waals surface area contributed by atoms with Crippen molar-refractivity contribution in [1.82, 2.24) is 0 Å². The van der Waals surface area contributed by atoms with E-state index in [1.54, 1.807) is 0 Å². The van der Waals surface area contributed by atoms with E-state index in [-0.39, 0.29) is 5.91 Å². The lowest BCUT2D eigenvalue weighted by molar-refractivity contribution is -0.118. The summed E-state index contributed by atoms with van der Waals surface area (Å²) < 4.78 is 0. The van der Waals surface area contributed by atoms with Crippen molar-refractivity contribution in [2.75, 3.05) is 6.54 Å². The number of hydrogen-bond acceptors (Lipinski definition) is 2. The molecule has 0 aliphatic rings. The second-order valence-electron chi connectivity index (χ2n) is 6.95. The molecule has 0 radical (unpaired) electrons. The molecule has 0 aliphatic carbocycles. The van der Waals surface area contributed by atoms with E-state index < -0.39 is 0 Å². The van der Waals surface area contributed by atoms with Crippen LogP contribution in [0.25, 0.3) is 0 Å². The van der Waals surface area contributed by atoms with E-state index in [9.17, 15) is 4.79 Å². The van der Waals surface area contributed by atoms with E-state index in [0.29, 0.717) is 6.42 Å². The third kappa shape index (κ3) is 29.4. The molecule has 0 fully saturated rings. The Morgan fingerprint density at radius 2 is 0.875 bits per heavy atom. The number of primary amides is 1. The summed E-state index contributed by atoms with van der Waals surface area (Å²) in [6.07, 6.45) is 22.0. The van der Waals surface area contributed by atoms with Crippen molar-refractivity contribution < 1.29 is 4.79 Å². The largest absolute Gasteiger partial charge is 0.370 e. The van der Waals surface area contributed by atoms with Gasteiger partial charge in [0.2, 0.25) is 5.91 Å². The molecule has 0 saturated carbocycles. The van der Waals surface area contributed by atoms with Gasteiger partial charge in [-0.2, -0.15) is 0 Å². The zero-order chi connectivity index (χ0) is 18.3. The molecule has 0 rings (SSSR count). The smallest absolute Gasteiger partial charge is 0.217 e. The third-order valence-corrected chi connectivity index (χ3v) is 4.32. The van der Waals surface area contributed by atoms with Gasteiger partial charge in [-0.15, -0.1) is 0 Å². The molecule has 24 heavy (non-hydrogen) atoms. The van der Waals surface area contributed by atoms with E-state index in [1.165, 1.54) is 89.9 Å². The van der Waals surface area contributed by atoms with Crippen molar-refractivity contribution >= 4 is 5.91 Å². The molecule has 0 bridgehead atoms. The number of rotatable bonds is 17. The van der Waals surface area contributed by atoms with Gasteiger partial charge in [0.05, 0.1) is 0 Å². The minimum atomic E-state index is -0.153. The van der Waals surface area contributed by atoms with Gasteiger partial charge in [-0.1, -0.05) is 104 Å². The standard InChI is InChI=1S/C18H37NO.C3H9N/c1-2-3-4-5-6-7-8-9-10-11-12-13-14-15-16-17-18(19)20;1-2-3-4/h2-17H2,1H3,(H2,19,20);2-4H2,1H3. The van der Waals surface area contributed by atoms with Gasteiger partial charge in [0.1, 0.15) is 0 Å². The molecule has 0 aliphatic heterocycles. The Kier molecular flexibility index (Phi) is 26.4. The molecule has 3 heteroatoms. The fourth-order valence-electron chi connectivity index (χ4n) is 2.67. The van der Waals surface area contributed by atoms with Crippen LogP contribution in [0.3, 0.4) is 0 Å². The molecule has 1 amide bonds. The predicted octanol–water partition coefficient (Wildman–Crippen LogP) is 6.09. The van der Waals surface area contributed by atoms with E-state index in [0.717, 1.165) is 19.4 Å². The van der Waals surface area contributed by atoms with Crippen molar-refractivity contribution in [1.29, 1.82) is 0 Å². The number of amides is 1. The predicted molar refractivity (Wildman–Crippen MR) is 108 cm³/mol. The average Bonchev–Trinajstić information content (AvgIpc) is 2.58. The zero-order valence-electron chi connectivity index (χ0n) is 16.8. The summed E-state index contributed by atoms with van der Waals surface area (Å²) in [5, 5.41) is 0. The molecule has 0 aromatic heterocycles. The molecule has 0 aromatic rings. The van der Waals surface area contributed by atoms with Crippen LogP contribution in [-0.2, 0) is 4.79 Å². The van der Waals surface area contributed by atoms with Crippen LogP contribution in [0.1, 0.15) is 123 Å². The molecule has 0 heterocycles. The summed E-state index contributed by atoms with van der Waals surface area (Å²) in [4.78, 5) is 10.6. The van der Waals surface area contributed by atoms with Crippen molar-refractivity contribution in [2.24, 2.45) is 11.5 Å². The molecule has 0 saturated heterocycles. The number of carbonyl (C=O) groups excluding carboxylic acids is 1. The van der Waals surface area contributed by atoms with Crippen molar-refractivity contribution in [2.45, 2.75) is 123 Å². The Bertz CT molecular complexity index is 230. The van der Waals surface area contributed by atoms with Gasteiger partial charge in [0.15, 0.2) is 0 Å². The highest BCUT2D eigenvalue weighted by Gasteiger charge is 1.96. The molecule has 0 spiro atoms. The third-order valence-electron chi connectivity index (χ3n) is 4.32. The minimum Gasteiger partial charge on any atom is -0.370 e. The average molecular weight is 343 g/mol. The normalized spacial score (nSPS) is 10.3. The van der Waals surface area contributed by atoms with Gasteiger partial charge in [-0.25, -0.2) is 0 Å². The van der Waals surface area contributed by atoms with E-state index in [1.807, 2.05) is 0 Å². The highest BCUT2D eigenvalue weighted by Crippen LogP contribution is 2.13. The van der Waals surface area contributed by atoms with Crippen molar-refractivity contribution in [3.63, 3.8) is 0 Å². The van der Waals surface area contributed by atoms with Crippen molar-refractivity contribution in [3.05, 3.63) is 0 Å². The lowest BCUT2D eigenvalue weighted by atomic mass is 10.0. The maximum Gasteiger partial charge on any atom is 0.217 e. The van der Waals surface area contributed by atoms with Crippen LogP contribution in [0.15, 0.2) is 0 Å². The number of unbranched alkanes of at least 4 members (excludes halogenated alkanes) is 14. The molecule has 4 N–H and O–H groups in total. The van der Waals surface area contributed by atoms with Crippen LogP contribution in [0.4, 0.5) is 0 Å². The Hall–Kier alpha value is -0.570. The van der Waals surface area contributed by atoms with Crippen LogP contribution in [-0.4, -0.2) is 12.5 Å². The van der Waals surface area contributed by atoms with E-state index in [2.05, 4.69) is 13.8 Å². The van der Waals surface area contributed by atoms with Crippen LogP contribution in [0.5, 0.6) is 0 Å². The second kappa shape index (κ2) is 24.7. The number of nitrogens with two attached hydrogens (primary N) is 2. The summed E-state index contributed by atoms with van der Waals surface area (Å²) in [7, 11) is 0. The van der Waals surface area contributed by atoms with Gasteiger partial charge in [-0.3, -0.25) is 4.79 Å². The zero-order valence-corrected chi connectivity index (χ0v) is 16.8. The van der Waals surface area contributed by atoms with Crippen LogP contribution >= 0.6 is 0 Å². The molecule has 0 aromatic carbocycles. The first-order valence-corrected chi connectivity index (χ1v) is 10.7. The second-order valence-corrected chi connectivity index (χ2v) is 6.95. The maximum absolute atomic E-state index is 10.6. The van der Waals surface area contributed by atoms with Gasteiger partial charge in [-0.05, 0) is 19.4 Å². The fourth-order valence-corrected chi connectivity index (χ4v) is 2.67. The van der Waals surface area contributed by atoms with Crippen LogP contribution < -0.4 is 11.5 Å². The maximum atomic E-state index is 10.6. The molecular weight excluding hydrogens is 296 g/mol.